The molecule has 1 heterocycles. The monoisotopic (exact) mass is 397 g/mol. The molecule has 0 radical (unpaired) electrons. The van der Waals surface area contributed by atoms with Crippen molar-refractivity contribution in [3.8, 4) is 5.75 Å². The minimum Gasteiger partial charge on any atom is -0.494 e. The van der Waals surface area contributed by atoms with Crippen LogP contribution in [0.4, 0.5) is 0 Å². The van der Waals surface area contributed by atoms with Crippen LogP contribution in [0.1, 0.15) is 40.5 Å². The zero-order chi connectivity index (χ0) is 20.9. The number of ether oxygens (including phenoxy) is 1. The molecule has 0 amide bonds. The number of hydrogen-bond acceptors (Lipinski definition) is 2. The third-order valence-electron chi connectivity index (χ3n) is 5.51. The molecule has 152 valence electrons. The first-order valence-electron chi connectivity index (χ1n) is 10.6. The maximum atomic E-state index is 13.3. The summed E-state index contributed by atoms with van der Waals surface area (Å²) in [5.74, 6) is 0.711. The van der Waals surface area contributed by atoms with Gasteiger partial charge in [0.1, 0.15) is 5.75 Å². The number of carbonyl (C=O) groups excluding carboxylic acids is 1. The van der Waals surface area contributed by atoms with Gasteiger partial charge in [-0.2, -0.15) is 0 Å². The summed E-state index contributed by atoms with van der Waals surface area (Å²) in [4.78, 5) is 13.3. The Bertz CT molecular complexity index is 1160. The summed E-state index contributed by atoms with van der Waals surface area (Å²) in [7, 11) is 0. The molecule has 0 saturated carbocycles. The van der Waals surface area contributed by atoms with E-state index in [0.717, 1.165) is 41.6 Å². The molecule has 0 unspecified atom stereocenters. The average Bonchev–Trinajstić information content (AvgIpc) is 3.13. The summed E-state index contributed by atoms with van der Waals surface area (Å²) in [5.41, 5.74) is 5.12. The fourth-order valence-electron chi connectivity index (χ4n) is 3.96. The van der Waals surface area contributed by atoms with Crippen LogP contribution < -0.4 is 4.74 Å². The van der Waals surface area contributed by atoms with E-state index in [2.05, 4.69) is 43.3 Å². The summed E-state index contributed by atoms with van der Waals surface area (Å²) >= 11 is 0. The molecule has 0 fully saturated rings. The number of rotatable bonds is 7. The van der Waals surface area contributed by atoms with Crippen molar-refractivity contribution in [1.82, 2.24) is 4.57 Å². The lowest BCUT2D eigenvalue weighted by Crippen LogP contribution is -2.13. The molecule has 0 atom stereocenters. The van der Waals surface area contributed by atoms with E-state index >= 15 is 0 Å². The topological polar surface area (TPSA) is 31.2 Å². The lowest BCUT2D eigenvalue weighted by atomic mass is 10.1. The van der Waals surface area contributed by atoms with Gasteiger partial charge in [0, 0.05) is 16.6 Å². The molecule has 30 heavy (non-hydrogen) atoms. The van der Waals surface area contributed by atoms with Gasteiger partial charge in [0.25, 0.3) is 5.91 Å². The molecular formula is C27H27NO2. The van der Waals surface area contributed by atoms with Gasteiger partial charge in [0.05, 0.1) is 12.1 Å². The van der Waals surface area contributed by atoms with E-state index in [9.17, 15) is 4.79 Å². The van der Waals surface area contributed by atoms with Crippen molar-refractivity contribution in [3.05, 3.63) is 101 Å². The van der Waals surface area contributed by atoms with Gasteiger partial charge in [-0.25, -0.2) is 0 Å². The number of fused-ring (bicyclic) bond motifs is 1. The van der Waals surface area contributed by atoms with Crippen molar-refractivity contribution in [2.75, 3.05) is 6.61 Å². The van der Waals surface area contributed by atoms with Gasteiger partial charge in [0.2, 0.25) is 0 Å². The highest BCUT2D eigenvalue weighted by molar-refractivity contribution is 6.03. The second-order valence-corrected chi connectivity index (χ2v) is 7.60. The Morgan fingerprint density at radius 2 is 1.73 bits per heavy atom. The van der Waals surface area contributed by atoms with Gasteiger partial charge < -0.3 is 4.74 Å². The van der Waals surface area contributed by atoms with E-state index in [4.69, 9.17) is 4.74 Å². The van der Waals surface area contributed by atoms with Crippen LogP contribution in [0.3, 0.4) is 0 Å². The molecule has 0 spiro atoms. The highest BCUT2D eigenvalue weighted by Crippen LogP contribution is 2.25. The highest BCUT2D eigenvalue weighted by Gasteiger charge is 2.16. The van der Waals surface area contributed by atoms with Crippen LogP contribution in [0.2, 0.25) is 0 Å². The van der Waals surface area contributed by atoms with Crippen LogP contribution >= 0.6 is 0 Å². The van der Waals surface area contributed by atoms with Gasteiger partial charge >= 0.3 is 0 Å². The first-order chi connectivity index (χ1) is 14.7. The van der Waals surface area contributed by atoms with Crippen LogP contribution in [0.25, 0.3) is 10.9 Å². The third-order valence-corrected chi connectivity index (χ3v) is 5.51. The third kappa shape index (κ3) is 4.16. The molecule has 0 N–H and O–H groups in total. The molecule has 0 aliphatic rings. The predicted octanol–water partition coefficient (Wildman–Crippen LogP) is 6.21. The van der Waals surface area contributed by atoms with Gasteiger partial charge in [-0.1, -0.05) is 55.5 Å². The molecule has 0 saturated heterocycles. The molecule has 4 rings (SSSR count). The van der Waals surface area contributed by atoms with Gasteiger partial charge in [-0.15, -0.1) is 0 Å². The SMILES string of the molecule is CCc1cccc2c1cc(C)n2C(=O)c1cccc(OCCCc2ccccc2)c1. The first-order valence-corrected chi connectivity index (χ1v) is 10.6. The average molecular weight is 398 g/mol. The van der Waals surface area contributed by atoms with Crippen molar-refractivity contribution in [3.63, 3.8) is 0 Å². The summed E-state index contributed by atoms with van der Waals surface area (Å²) in [5, 5.41) is 1.15. The fraction of sp³-hybridized carbons (Fsp3) is 0.222. The van der Waals surface area contributed by atoms with Crippen molar-refractivity contribution >= 4 is 16.8 Å². The number of nitrogens with zero attached hydrogens (tertiary/aromatic N) is 1. The summed E-state index contributed by atoms with van der Waals surface area (Å²) in [6, 6.07) is 26.2. The Morgan fingerprint density at radius 1 is 0.933 bits per heavy atom. The minimum atomic E-state index is -0.0227. The lowest BCUT2D eigenvalue weighted by molar-refractivity contribution is 0.0962. The summed E-state index contributed by atoms with van der Waals surface area (Å²) < 4.78 is 7.74. The molecule has 3 aromatic carbocycles. The van der Waals surface area contributed by atoms with E-state index in [1.165, 1.54) is 11.1 Å². The molecule has 4 aromatic rings. The predicted molar refractivity (Wildman–Crippen MR) is 122 cm³/mol. The van der Waals surface area contributed by atoms with E-state index in [1.807, 2.05) is 54.0 Å². The second-order valence-electron chi connectivity index (χ2n) is 7.60. The van der Waals surface area contributed by atoms with E-state index in [1.54, 1.807) is 0 Å². The number of hydrogen-bond donors (Lipinski definition) is 0. The van der Waals surface area contributed by atoms with Crippen molar-refractivity contribution in [1.29, 1.82) is 0 Å². The number of benzene rings is 3. The minimum absolute atomic E-state index is 0.0227. The smallest absolute Gasteiger partial charge is 0.262 e. The van der Waals surface area contributed by atoms with E-state index in [0.29, 0.717) is 12.2 Å². The Labute approximate surface area is 177 Å². The highest BCUT2D eigenvalue weighted by atomic mass is 16.5. The summed E-state index contributed by atoms with van der Waals surface area (Å²) in [6.07, 6.45) is 2.86. The van der Waals surface area contributed by atoms with Crippen LogP contribution in [0.5, 0.6) is 5.75 Å². The zero-order valence-electron chi connectivity index (χ0n) is 17.6. The van der Waals surface area contributed by atoms with E-state index in [-0.39, 0.29) is 5.91 Å². The quantitative estimate of drug-likeness (QED) is 0.347. The van der Waals surface area contributed by atoms with Crippen molar-refractivity contribution < 1.29 is 9.53 Å². The number of carbonyl (C=O) groups is 1. The molecule has 0 aliphatic heterocycles. The van der Waals surface area contributed by atoms with Gasteiger partial charge in [0.15, 0.2) is 0 Å². The summed E-state index contributed by atoms with van der Waals surface area (Å²) in [6.45, 7) is 4.75. The van der Waals surface area contributed by atoms with Crippen LogP contribution in [0.15, 0.2) is 78.9 Å². The maximum Gasteiger partial charge on any atom is 0.262 e. The van der Waals surface area contributed by atoms with E-state index < -0.39 is 0 Å². The van der Waals surface area contributed by atoms with Crippen LogP contribution in [-0.4, -0.2) is 17.1 Å². The fourth-order valence-corrected chi connectivity index (χ4v) is 3.96. The first kappa shape index (κ1) is 20.0. The normalized spacial score (nSPS) is 11.0. The van der Waals surface area contributed by atoms with Crippen LogP contribution in [0, 0.1) is 6.92 Å². The standard InChI is InChI=1S/C27H27NO2/c1-3-22-13-8-16-26-25(22)18-20(2)28(26)27(29)23-14-7-15-24(19-23)30-17-9-12-21-10-5-4-6-11-21/h4-8,10-11,13-16,18-19H,3,9,12,17H2,1-2H3. The Kier molecular flexibility index (Phi) is 5.99. The number of aryl methyl sites for hydroxylation is 3. The zero-order valence-corrected chi connectivity index (χ0v) is 17.6. The molecular weight excluding hydrogens is 370 g/mol. The maximum absolute atomic E-state index is 13.3. The molecule has 0 aliphatic carbocycles. The largest absolute Gasteiger partial charge is 0.494 e. The molecule has 0 bridgehead atoms. The Morgan fingerprint density at radius 3 is 2.53 bits per heavy atom. The molecule has 3 nitrogen and oxygen atoms in total. The molecule has 1 aromatic heterocycles. The Balaban J connectivity index is 1.49. The van der Waals surface area contributed by atoms with Gasteiger partial charge in [-0.05, 0) is 67.6 Å². The molecule has 3 heteroatoms. The Hall–Kier alpha value is -3.33. The van der Waals surface area contributed by atoms with Gasteiger partial charge in [-0.3, -0.25) is 9.36 Å². The van der Waals surface area contributed by atoms with Crippen LogP contribution in [-0.2, 0) is 12.8 Å². The van der Waals surface area contributed by atoms with Crippen molar-refractivity contribution in [2.24, 2.45) is 0 Å². The van der Waals surface area contributed by atoms with Crippen molar-refractivity contribution in [2.45, 2.75) is 33.1 Å². The lowest BCUT2D eigenvalue weighted by Gasteiger charge is -2.10. The second kappa shape index (κ2) is 9.00. The number of aromatic nitrogens is 1.